The minimum Gasteiger partial charge on any atom is -0.508 e. The van der Waals surface area contributed by atoms with Crippen LogP contribution < -0.4 is 0 Å². The number of hydrogen-bond acceptors (Lipinski definition) is 3. The number of morpholine rings is 1. The van der Waals surface area contributed by atoms with Crippen LogP contribution in [0.5, 0.6) is 5.75 Å². The quantitative estimate of drug-likeness (QED) is 0.805. The maximum atomic E-state index is 12.3. The number of ether oxygens (including phenoxy) is 1. The van der Waals surface area contributed by atoms with Crippen molar-refractivity contribution < 1.29 is 14.6 Å². The molecule has 92 valence electrons. The van der Waals surface area contributed by atoms with Crippen LogP contribution in [0.1, 0.15) is 24.2 Å². The predicted molar refractivity (Wildman–Crippen MR) is 64.0 cm³/mol. The highest BCUT2D eigenvalue weighted by molar-refractivity contribution is 5.95. The molecule has 1 heterocycles. The van der Waals surface area contributed by atoms with Crippen molar-refractivity contribution in [3.05, 3.63) is 29.8 Å². The number of aromatic hydroxyl groups is 1. The van der Waals surface area contributed by atoms with Gasteiger partial charge in [-0.2, -0.15) is 0 Å². The van der Waals surface area contributed by atoms with Crippen molar-refractivity contribution in [3.8, 4) is 5.75 Å². The summed E-state index contributed by atoms with van der Waals surface area (Å²) in [6.45, 7) is 5.65. The summed E-state index contributed by atoms with van der Waals surface area (Å²) >= 11 is 0. The number of phenols is 1. The van der Waals surface area contributed by atoms with Crippen LogP contribution in [0.2, 0.25) is 0 Å². The second kappa shape index (κ2) is 4.37. The highest BCUT2D eigenvalue weighted by Gasteiger charge is 2.34. The van der Waals surface area contributed by atoms with E-state index in [0.29, 0.717) is 25.3 Å². The molecule has 1 aromatic rings. The minimum absolute atomic E-state index is 0.0609. The Labute approximate surface area is 101 Å². The van der Waals surface area contributed by atoms with E-state index >= 15 is 0 Å². The van der Waals surface area contributed by atoms with Crippen LogP contribution in [-0.4, -0.2) is 41.2 Å². The summed E-state index contributed by atoms with van der Waals surface area (Å²) in [7, 11) is 0. The lowest BCUT2D eigenvalue weighted by atomic mass is 10.0. The Kier molecular flexibility index (Phi) is 3.07. The average Bonchev–Trinajstić information content (AvgIpc) is 2.27. The SMILES string of the molecule is CC1(C)COCCN1C(=O)c1cccc(O)c1. The number of carbonyl (C=O) groups is 1. The Morgan fingerprint density at radius 1 is 1.47 bits per heavy atom. The molecule has 0 saturated carbocycles. The average molecular weight is 235 g/mol. The molecule has 17 heavy (non-hydrogen) atoms. The summed E-state index contributed by atoms with van der Waals surface area (Å²) < 4.78 is 5.38. The third kappa shape index (κ3) is 2.42. The fraction of sp³-hybridized carbons (Fsp3) is 0.462. The number of hydrogen-bond donors (Lipinski definition) is 1. The molecule has 4 heteroatoms. The Morgan fingerprint density at radius 3 is 2.88 bits per heavy atom. The van der Waals surface area contributed by atoms with E-state index in [2.05, 4.69) is 0 Å². The Bertz CT molecular complexity index is 428. The van der Waals surface area contributed by atoms with E-state index in [1.165, 1.54) is 6.07 Å². The summed E-state index contributed by atoms with van der Waals surface area (Å²) in [6.07, 6.45) is 0. The van der Waals surface area contributed by atoms with E-state index in [1.54, 1.807) is 23.1 Å². The monoisotopic (exact) mass is 235 g/mol. The van der Waals surface area contributed by atoms with Gasteiger partial charge in [0, 0.05) is 12.1 Å². The number of benzene rings is 1. The maximum Gasteiger partial charge on any atom is 0.254 e. The zero-order chi connectivity index (χ0) is 12.5. The summed E-state index contributed by atoms with van der Waals surface area (Å²) in [5, 5.41) is 9.39. The molecule has 1 saturated heterocycles. The topological polar surface area (TPSA) is 49.8 Å². The molecule has 0 bridgehead atoms. The molecular formula is C13H17NO3. The first-order valence-corrected chi connectivity index (χ1v) is 5.69. The van der Waals surface area contributed by atoms with E-state index < -0.39 is 0 Å². The van der Waals surface area contributed by atoms with Crippen LogP contribution in [0.4, 0.5) is 0 Å². The standard InChI is InChI=1S/C13H17NO3/c1-13(2)9-17-7-6-14(13)12(16)10-4-3-5-11(15)8-10/h3-5,8,15H,6-7,9H2,1-2H3. The molecule has 1 amide bonds. The molecule has 1 N–H and O–H groups in total. The van der Waals surface area contributed by atoms with Gasteiger partial charge in [-0.15, -0.1) is 0 Å². The number of phenolic OH excluding ortho intramolecular Hbond substituents is 1. The second-order valence-electron chi connectivity index (χ2n) is 4.87. The number of rotatable bonds is 1. The van der Waals surface area contributed by atoms with Crippen molar-refractivity contribution >= 4 is 5.91 Å². The summed E-state index contributed by atoms with van der Waals surface area (Å²) in [5.41, 5.74) is 0.209. The van der Waals surface area contributed by atoms with Crippen molar-refractivity contribution in [1.29, 1.82) is 0 Å². The fourth-order valence-corrected chi connectivity index (χ4v) is 2.03. The van der Waals surface area contributed by atoms with Gasteiger partial charge in [0.2, 0.25) is 0 Å². The van der Waals surface area contributed by atoms with E-state index in [-0.39, 0.29) is 17.2 Å². The van der Waals surface area contributed by atoms with Crippen LogP contribution in [-0.2, 0) is 4.74 Å². The third-order valence-electron chi connectivity index (χ3n) is 2.98. The summed E-state index contributed by atoms with van der Waals surface area (Å²) in [4.78, 5) is 14.1. The molecule has 1 fully saturated rings. The molecule has 0 spiro atoms. The summed E-state index contributed by atoms with van der Waals surface area (Å²) in [5.74, 6) is 0.0520. The van der Waals surface area contributed by atoms with Gasteiger partial charge >= 0.3 is 0 Å². The molecule has 0 radical (unpaired) electrons. The summed E-state index contributed by atoms with van der Waals surface area (Å²) in [6, 6.07) is 6.44. The van der Waals surface area contributed by atoms with Crippen molar-refractivity contribution in [2.24, 2.45) is 0 Å². The van der Waals surface area contributed by atoms with Crippen LogP contribution >= 0.6 is 0 Å². The van der Waals surface area contributed by atoms with E-state index in [0.717, 1.165) is 0 Å². The van der Waals surface area contributed by atoms with Gasteiger partial charge in [-0.05, 0) is 32.0 Å². The van der Waals surface area contributed by atoms with Gasteiger partial charge in [0.15, 0.2) is 0 Å². The second-order valence-corrected chi connectivity index (χ2v) is 4.87. The highest BCUT2D eigenvalue weighted by atomic mass is 16.5. The van der Waals surface area contributed by atoms with E-state index in [1.807, 2.05) is 13.8 Å². The van der Waals surface area contributed by atoms with Gasteiger partial charge in [0.25, 0.3) is 5.91 Å². The molecule has 0 atom stereocenters. The number of carbonyl (C=O) groups excluding carboxylic acids is 1. The van der Waals surface area contributed by atoms with Crippen LogP contribution in [0.15, 0.2) is 24.3 Å². The third-order valence-corrected chi connectivity index (χ3v) is 2.98. The van der Waals surface area contributed by atoms with Crippen LogP contribution in [0, 0.1) is 0 Å². The van der Waals surface area contributed by atoms with Gasteiger partial charge in [-0.1, -0.05) is 6.07 Å². The first kappa shape index (κ1) is 11.9. The Morgan fingerprint density at radius 2 is 2.24 bits per heavy atom. The lowest BCUT2D eigenvalue weighted by Gasteiger charge is -2.42. The van der Waals surface area contributed by atoms with Gasteiger partial charge < -0.3 is 14.7 Å². The Balaban J connectivity index is 2.25. The molecular weight excluding hydrogens is 218 g/mol. The zero-order valence-electron chi connectivity index (χ0n) is 10.1. The van der Waals surface area contributed by atoms with E-state index in [4.69, 9.17) is 4.74 Å². The Hall–Kier alpha value is -1.55. The smallest absolute Gasteiger partial charge is 0.254 e. The van der Waals surface area contributed by atoms with E-state index in [9.17, 15) is 9.90 Å². The first-order chi connectivity index (χ1) is 8.00. The maximum absolute atomic E-state index is 12.3. The molecule has 4 nitrogen and oxygen atoms in total. The molecule has 0 aliphatic carbocycles. The van der Waals surface area contributed by atoms with Gasteiger partial charge in [-0.3, -0.25) is 4.79 Å². The number of amides is 1. The molecule has 0 aromatic heterocycles. The lowest BCUT2D eigenvalue weighted by molar-refractivity contribution is -0.0370. The normalized spacial score (nSPS) is 19.1. The van der Waals surface area contributed by atoms with Gasteiger partial charge in [0.05, 0.1) is 18.8 Å². The molecule has 2 rings (SSSR count). The van der Waals surface area contributed by atoms with Crippen LogP contribution in [0.3, 0.4) is 0 Å². The number of nitrogens with zero attached hydrogens (tertiary/aromatic N) is 1. The largest absolute Gasteiger partial charge is 0.508 e. The predicted octanol–water partition coefficient (Wildman–Crippen LogP) is 1.64. The van der Waals surface area contributed by atoms with Crippen LogP contribution in [0.25, 0.3) is 0 Å². The highest BCUT2D eigenvalue weighted by Crippen LogP contribution is 2.22. The molecule has 1 aromatic carbocycles. The fourth-order valence-electron chi connectivity index (χ4n) is 2.03. The molecule has 1 aliphatic rings. The van der Waals surface area contributed by atoms with Crippen molar-refractivity contribution in [1.82, 2.24) is 4.90 Å². The molecule has 0 unspecified atom stereocenters. The van der Waals surface area contributed by atoms with Crippen molar-refractivity contribution in [2.45, 2.75) is 19.4 Å². The lowest BCUT2D eigenvalue weighted by Crippen LogP contribution is -2.55. The zero-order valence-corrected chi connectivity index (χ0v) is 10.1. The van der Waals surface area contributed by atoms with Crippen molar-refractivity contribution in [2.75, 3.05) is 19.8 Å². The minimum atomic E-state index is -0.305. The van der Waals surface area contributed by atoms with Gasteiger partial charge in [-0.25, -0.2) is 0 Å². The van der Waals surface area contributed by atoms with Crippen molar-refractivity contribution in [3.63, 3.8) is 0 Å². The molecule has 1 aliphatic heterocycles. The van der Waals surface area contributed by atoms with Gasteiger partial charge in [0.1, 0.15) is 5.75 Å². The first-order valence-electron chi connectivity index (χ1n) is 5.69.